The molecule has 5 heteroatoms. The fourth-order valence-electron chi connectivity index (χ4n) is 0.720. The van der Waals surface area contributed by atoms with E-state index in [0.29, 0.717) is 11.4 Å². The number of nitrogens with two attached hydrogens (primary N) is 2. The van der Waals surface area contributed by atoms with Crippen LogP contribution in [0.1, 0.15) is 15.9 Å². The highest BCUT2D eigenvalue weighted by atomic mass is 16.1. The largest absolute Gasteiger partial charge is 0.383 e. The van der Waals surface area contributed by atoms with Crippen molar-refractivity contribution < 1.29 is 4.79 Å². The third-order valence-corrected chi connectivity index (χ3v) is 1.40. The molecule has 0 fully saturated rings. The number of nitriles is 1. The summed E-state index contributed by atoms with van der Waals surface area (Å²) in [7, 11) is 0. The van der Waals surface area contributed by atoms with Gasteiger partial charge >= 0.3 is 0 Å². The average molecular weight is 178 g/mol. The van der Waals surface area contributed by atoms with Crippen molar-refractivity contribution in [2.75, 3.05) is 5.73 Å². The van der Waals surface area contributed by atoms with E-state index in [1.165, 1.54) is 6.20 Å². The maximum absolute atomic E-state index is 10.6. The molecular weight excluding hydrogens is 168 g/mol. The topological polar surface area (TPSA) is 106 Å². The number of aryl methyl sites for hydroxylation is 1. The predicted molar refractivity (Wildman–Crippen MR) is 48.6 cm³/mol. The van der Waals surface area contributed by atoms with Gasteiger partial charge in [-0.2, -0.15) is 0 Å². The first-order valence-electron chi connectivity index (χ1n) is 3.39. The second-order valence-corrected chi connectivity index (χ2v) is 2.29. The lowest BCUT2D eigenvalue weighted by molar-refractivity contribution is 0.1000. The highest BCUT2D eigenvalue weighted by Crippen LogP contribution is 2.07. The van der Waals surface area contributed by atoms with Crippen LogP contribution < -0.4 is 11.5 Å². The quantitative estimate of drug-likeness (QED) is 0.641. The molecule has 1 amide bonds. The van der Waals surface area contributed by atoms with Crippen molar-refractivity contribution in [2.24, 2.45) is 5.73 Å². The van der Waals surface area contributed by atoms with Crippen molar-refractivity contribution in [1.82, 2.24) is 4.98 Å². The highest BCUT2D eigenvalue weighted by Gasteiger charge is 2.01. The number of carbonyl (C=O) groups excluding carboxylic acids is 1. The normalized spacial score (nSPS) is 8.23. The zero-order chi connectivity index (χ0) is 10.4. The van der Waals surface area contributed by atoms with Gasteiger partial charge in [0.1, 0.15) is 5.82 Å². The van der Waals surface area contributed by atoms with Crippen molar-refractivity contribution in [3.05, 3.63) is 23.4 Å². The maximum atomic E-state index is 10.6. The molecule has 0 aliphatic heterocycles. The van der Waals surface area contributed by atoms with Gasteiger partial charge in [-0.3, -0.25) is 4.79 Å². The van der Waals surface area contributed by atoms with E-state index in [-0.39, 0.29) is 0 Å². The second kappa shape index (κ2) is 4.72. The number of nitrogens with zero attached hydrogens (tertiary/aromatic N) is 2. The summed E-state index contributed by atoms with van der Waals surface area (Å²) in [6, 6.07) is 1.62. The molecule has 0 bridgehead atoms. The third kappa shape index (κ3) is 2.79. The van der Waals surface area contributed by atoms with Gasteiger partial charge in [0.2, 0.25) is 5.91 Å². The van der Waals surface area contributed by atoms with Crippen LogP contribution in [0.5, 0.6) is 0 Å². The summed E-state index contributed by atoms with van der Waals surface area (Å²) in [5.41, 5.74) is 11.6. The lowest BCUT2D eigenvalue weighted by Crippen LogP contribution is -2.12. The van der Waals surface area contributed by atoms with E-state index in [9.17, 15) is 4.79 Å². The Morgan fingerprint density at radius 1 is 1.62 bits per heavy atom. The Bertz CT molecular complexity index is 332. The molecule has 0 radical (unpaired) electrons. The summed E-state index contributed by atoms with van der Waals surface area (Å²) in [6.07, 6.45) is 1.37. The molecule has 1 aromatic rings. The van der Waals surface area contributed by atoms with Crippen LogP contribution in [0.25, 0.3) is 0 Å². The van der Waals surface area contributed by atoms with Gasteiger partial charge in [-0.05, 0) is 18.6 Å². The monoisotopic (exact) mass is 178 g/mol. The molecule has 1 aromatic heterocycles. The van der Waals surface area contributed by atoms with Gasteiger partial charge in [-0.1, -0.05) is 0 Å². The molecule has 0 saturated heterocycles. The molecule has 4 N–H and O–H groups in total. The minimum Gasteiger partial charge on any atom is -0.383 e. The number of hydrogen-bond acceptors (Lipinski definition) is 4. The fourth-order valence-corrected chi connectivity index (χ4v) is 0.720. The van der Waals surface area contributed by atoms with Crippen molar-refractivity contribution >= 4 is 11.7 Å². The molecule has 68 valence electrons. The van der Waals surface area contributed by atoms with Gasteiger partial charge in [0.05, 0.1) is 5.56 Å². The molecule has 0 spiro atoms. The van der Waals surface area contributed by atoms with Gasteiger partial charge in [0, 0.05) is 12.8 Å². The molecule has 1 rings (SSSR count). The Hall–Kier alpha value is -2.09. The van der Waals surface area contributed by atoms with E-state index in [1.54, 1.807) is 13.0 Å². The van der Waals surface area contributed by atoms with Crippen LogP contribution in [0.4, 0.5) is 5.82 Å². The number of aromatic nitrogens is 1. The van der Waals surface area contributed by atoms with E-state index in [4.69, 9.17) is 16.7 Å². The van der Waals surface area contributed by atoms with Crippen LogP contribution >= 0.6 is 0 Å². The van der Waals surface area contributed by atoms with Crippen molar-refractivity contribution in [3.63, 3.8) is 0 Å². The SMILES string of the molecule is C#N.Cc1cc(C(N)=O)cnc1N. The number of primary amides is 1. The van der Waals surface area contributed by atoms with E-state index in [1.807, 2.05) is 0 Å². The number of pyridine rings is 1. The first-order chi connectivity index (χ1) is 6.11. The van der Waals surface area contributed by atoms with Gasteiger partial charge in [-0.25, -0.2) is 10.2 Å². The van der Waals surface area contributed by atoms with Crippen LogP contribution in [-0.4, -0.2) is 10.9 Å². The summed E-state index contributed by atoms with van der Waals surface area (Å²) >= 11 is 0. The summed E-state index contributed by atoms with van der Waals surface area (Å²) in [5, 5.41) is 6.50. The first kappa shape index (κ1) is 10.9. The van der Waals surface area contributed by atoms with Crippen LogP contribution in [-0.2, 0) is 0 Å². The van der Waals surface area contributed by atoms with E-state index >= 15 is 0 Å². The molecule has 0 aromatic carbocycles. The Kier molecular flexibility index (Phi) is 3.96. The lowest BCUT2D eigenvalue weighted by atomic mass is 10.2. The van der Waals surface area contributed by atoms with Gasteiger partial charge in [0.15, 0.2) is 0 Å². The molecule has 0 atom stereocenters. The standard InChI is InChI=1S/C7H9N3O.CHN/c1-4-2-5(7(9)11)3-10-6(4)8;1-2/h2-3H,1H3,(H2,8,10)(H2,9,11);1H. The first-order valence-corrected chi connectivity index (χ1v) is 3.39. The number of nitrogen functional groups attached to an aromatic ring is 1. The third-order valence-electron chi connectivity index (χ3n) is 1.40. The summed E-state index contributed by atoms with van der Waals surface area (Å²) < 4.78 is 0. The van der Waals surface area contributed by atoms with Crippen molar-refractivity contribution in [1.29, 1.82) is 5.26 Å². The van der Waals surface area contributed by atoms with Gasteiger partial charge in [-0.15, -0.1) is 0 Å². The minimum atomic E-state index is -0.486. The molecule has 0 aliphatic rings. The van der Waals surface area contributed by atoms with E-state index in [0.717, 1.165) is 5.56 Å². The van der Waals surface area contributed by atoms with E-state index in [2.05, 4.69) is 11.6 Å². The molecule has 0 unspecified atom stereocenters. The highest BCUT2D eigenvalue weighted by molar-refractivity contribution is 5.92. The summed E-state index contributed by atoms with van der Waals surface area (Å²) in [4.78, 5) is 14.4. The average Bonchev–Trinajstić information content (AvgIpc) is 2.13. The van der Waals surface area contributed by atoms with Crippen LogP contribution in [0.3, 0.4) is 0 Å². The minimum absolute atomic E-state index is 0.386. The number of anilines is 1. The van der Waals surface area contributed by atoms with E-state index < -0.39 is 5.91 Å². The Morgan fingerprint density at radius 2 is 2.15 bits per heavy atom. The summed E-state index contributed by atoms with van der Waals surface area (Å²) in [6.45, 7) is 5.27. The Morgan fingerprint density at radius 3 is 2.54 bits per heavy atom. The Balaban J connectivity index is 0.000000671. The number of rotatable bonds is 1. The second-order valence-electron chi connectivity index (χ2n) is 2.29. The van der Waals surface area contributed by atoms with Gasteiger partial charge < -0.3 is 11.5 Å². The molecule has 5 nitrogen and oxygen atoms in total. The number of amides is 1. The number of carbonyl (C=O) groups is 1. The fraction of sp³-hybridized carbons (Fsp3) is 0.125. The molecule has 0 aliphatic carbocycles. The maximum Gasteiger partial charge on any atom is 0.250 e. The van der Waals surface area contributed by atoms with Crippen LogP contribution in [0, 0.1) is 18.8 Å². The Labute approximate surface area is 76.0 Å². The molecule has 1 heterocycles. The van der Waals surface area contributed by atoms with Crippen LogP contribution in [0.2, 0.25) is 0 Å². The lowest BCUT2D eigenvalue weighted by Gasteiger charge is -1.99. The molecular formula is C8H10N4O. The van der Waals surface area contributed by atoms with Crippen molar-refractivity contribution in [3.8, 4) is 6.57 Å². The zero-order valence-electron chi connectivity index (χ0n) is 7.19. The van der Waals surface area contributed by atoms with Crippen molar-refractivity contribution in [2.45, 2.75) is 6.92 Å². The number of hydrogen-bond donors (Lipinski definition) is 2. The molecule has 0 saturated carbocycles. The zero-order valence-corrected chi connectivity index (χ0v) is 7.19. The summed E-state index contributed by atoms with van der Waals surface area (Å²) in [5.74, 6) is -0.0596. The smallest absolute Gasteiger partial charge is 0.250 e. The van der Waals surface area contributed by atoms with Crippen LogP contribution in [0.15, 0.2) is 12.3 Å². The molecule has 13 heavy (non-hydrogen) atoms. The predicted octanol–water partition coefficient (Wildman–Crippen LogP) is 0.211. The van der Waals surface area contributed by atoms with Gasteiger partial charge in [0.25, 0.3) is 0 Å².